The van der Waals surface area contributed by atoms with Crippen LogP contribution >= 0.6 is 10.3 Å². The Balaban J connectivity index is 2.32. The van der Waals surface area contributed by atoms with Gasteiger partial charge in [0.25, 0.3) is 0 Å². The van der Waals surface area contributed by atoms with E-state index in [-0.39, 0.29) is 29.6 Å². The molecule has 0 aliphatic carbocycles. The molecule has 0 aliphatic rings. The fraction of sp³-hybridized carbons (Fsp3) is 0.0952. The molecule has 0 saturated carbocycles. The molecular formula is C21H20O5S. The molecule has 0 aromatic heterocycles. The molecule has 140 valence electrons. The maximum atomic E-state index is 12.4. The van der Waals surface area contributed by atoms with Crippen molar-refractivity contribution >= 4 is 16.3 Å². The largest absolute Gasteiger partial charge is 0.508 e. The van der Waals surface area contributed by atoms with Crippen LogP contribution in [0.5, 0.6) is 17.2 Å². The van der Waals surface area contributed by atoms with Crippen molar-refractivity contribution in [2.75, 3.05) is 0 Å². The molecule has 0 unspecified atom stereocenters. The van der Waals surface area contributed by atoms with E-state index in [1.807, 2.05) is 0 Å². The SMILES string of the molecule is CCC(=O)OS(c1ccc(O)cc1)(c1ccc(O)cc1)c1ccc(O)cc1. The van der Waals surface area contributed by atoms with E-state index < -0.39 is 10.3 Å². The molecule has 0 saturated heterocycles. The van der Waals surface area contributed by atoms with Crippen molar-refractivity contribution in [1.82, 2.24) is 0 Å². The molecule has 0 atom stereocenters. The molecular weight excluding hydrogens is 364 g/mol. The van der Waals surface area contributed by atoms with Crippen LogP contribution in [0, 0.1) is 0 Å². The van der Waals surface area contributed by atoms with Gasteiger partial charge in [0.05, 0.1) is 0 Å². The number of rotatable bonds is 5. The Morgan fingerprint density at radius 3 is 1.26 bits per heavy atom. The summed E-state index contributed by atoms with van der Waals surface area (Å²) in [4.78, 5) is 14.5. The van der Waals surface area contributed by atoms with Gasteiger partial charge in [-0.2, -0.15) is 0 Å². The van der Waals surface area contributed by atoms with Gasteiger partial charge in [0.1, 0.15) is 17.2 Å². The van der Waals surface area contributed by atoms with Crippen LogP contribution in [-0.4, -0.2) is 21.3 Å². The zero-order valence-corrected chi connectivity index (χ0v) is 15.5. The van der Waals surface area contributed by atoms with Crippen LogP contribution in [0.4, 0.5) is 0 Å². The van der Waals surface area contributed by atoms with E-state index in [0.29, 0.717) is 14.7 Å². The van der Waals surface area contributed by atoms with Crippen molar-refractivity contribution < 1.29 is 24.3 Å². The Bertz CT molecular complexity index is 807. The van der Waals surface area contributed by atoms with Gasteiger partial charge < -0.3 is 19.5 Å². The first kappa shape index (κ1) is 18.7. The van der Waals surface area contributed by atoms with E-state index in [1.165, 1.54) is 36.4 Å². The minimum absolute atomic E-state index is 0.102. The summed E-state index contributed by atoms with van der Waals surface area (Å²) in [6.45, 7) is 1.72. The van der Waals surface area contributed by atoms with Gasteiger partial charge in [-0.05, 0) is 83.1 Å². The topological polar surface area (TPSA) is 87.0 Å². The lowest BCUT2D eigenvalue weighted by Crippen LogP contribution is -2.12. The second kappa shape index (κ2) is 7.63. The molecule has 0 amide bonds. The lowest BCUT2D eigenvalue weighted by molar-refractivity contribution is -0.133. The number of carbonyl (C=O) groups excluding carboxylic acids is 1. The van der Waals surface area contributed by atoms with E-state index >= 15 is 0 Å². The van der Waals surface area contributed by atoms with Crippen molar-refractivity contribution in [3.05, 3.63) is 72.8 Å². The van der Waals surface area contributed by atoms with E-state index in [9.17, 15) is 20.1 Å². The summed E-state index contributed by atoms with van der Waals surface area (Å²) in [5.74, 6) is -0.0694. The number of hydrogen-bond acceptors (Lipinski definition) is 5. The van der Waals surface area contributed by atoms with Crippen LogP contribution in [0.2, 0.25) is 0 Å². The van der Waals surface area contributed by atoms with Gasteiger partial charge in [-0.15, -0.1) is 0 Å². The van der Waals surface area contributed by atoms with E-state index in [4.69, 9.17) is 4.18 Å². The fourth-order valence-electron chi connectivity index (χ4n) is 2.66. The van der Waals surface area contributed by atoms with Crippen molar-refractivity contribution in [3.63, 3.8) is 0 Å². The first-order valence-electron chi connectivity index (χ1n) is 8.38. The predicted molar refractivity (Wildman–Crippen MR) is 103 cm³/mol. The Labute approximate surface area is 159 Å². The Morgan fingerprint density at radius 2 is 1.00 bits per heavy atom. The molecule has 0 fully saturated rings. The number of phenolic OH excluding ortho intramolecular Hbond substituents is 3. The van der Waals surface area contributed by atoms with Gasteiger partial charge in [-0.1, -0.05) is 6.92 Å². The van der Waals surface area contributed by atoms with E-state index in [0.717, 1.165) is 0 Å². The Morgan fingerprint density at radius 1 is 0.704 bits per heavy atom. The third-order valence-electron chi connectivity index (χ3n) is 4.01. The van der Waals surface area contributed by atoms with Crippen LogP contribution in [0.3, 0.4) is 0 Å². The normalized spacial score (nSPS) is 11.7. The Hall–Kier alpha value is -3.12. The molecule has 3 aromatic rings. The summed E-state index contributed by atoms with van der Waals surface area (Å²) < 4.78 is 6.06. The maximum absolute atomic E-state index is 12.4. The van der Waals surface area contributed by atoms with Gasteiger partial charge in [-0.3, -0.25) is 4.79 Å². The molecule has 0 radical (unpaired) electrons. The van der Waals surface area contributed by atoms with Crippen LogP contribution in [0.1, 0.15) is 13.3 Å². The van der Waals surface area contributed by atoms with Gasteiger partial charge in [0.2, 0.25) is 0 Å². The van der Waals surface area contributed by atoms with Crippen molar-refractivity contribution in [3.8, 4) is 17.2 Å². The first-order chi connectivity index (χ1) is 13.0. The first-order valence-corrected chi connectivity index (χ1v) is 9.94. The second-order valence-corrected chi connectivity index (χ2v) is 8.54. The highest BCUT2D eigenvalue weighted by molar-refractivity contribution is 8.30. The maximum Gasteiger partial charge on any atom is 0.316 e. The summed E-state index contributed by atoms with van der Waals surface area (Å²) in [5.41, 5.74) is 0. The highest BCUT2D eigenvalue weighted by Crippen LogP contribution is 2.69. The fourth-order valence-corrected chi connectivity index (χ4v) is 5.72. The van der Waals surface area contributed by atoms with Crippen molar-refractivity contribution in [2.24, 2.45) is 0 Å². The third-order valence-corrected chi connectivity index (χ3v) is 7.26. The van der Waals surface area contributed by atoms with Gasteiger partial charge >= 0.3 is 5.97 Å². The molecule has 0 aliphatic heterocycles. The summed E-state index contributed by atoms with van der Waals surface area (Å²) >= 11 is 0. The molecule has 0 spiro atoms. The summed E-state index contributed by atoms with van der Waals surface area (Å²) in [6.07, 6.45) is 0.197. The van der Waals surface area contributed by atoms with Crippen LogP contribution in [0.25, 0.3) is 0 Å². The lowest BCUT2D eigenvalue weighted by Gasteiger charge is -2.39. The van der Waals surface area contributed by atoms with Crippen LogP contribution in [0.15, 0.2) is 87.5 Å². The van der Waals surface area contributed by atoms with Crippen LogP contribution in [-0.2, 0) is 8.98 Å². The predicted octanol–water partition coefficient (Wildman–Crippen LogP) is 4.95. The molecule has 6 heteroatoms. The highest BCUT2D eigenvalue weighted by Gasteiger charge is 2.35. The average molecular weight is 384 g/mol. The average Bonchev–Trinajstić information content (AvgIpc) is 2.68. The second-order valence-electron chi connectivity index (χ2n) is 5.85. The minimum Gasteiger partial charge on any atom is -0.508 e. The summed E-state index contributed by atoms with van der Waals surface area (Å²) in [7, 11) is -2.48. The molecule has 3 aromatic carbocycles. The smallest absolute Gasteiger partial charge is 0.316 e. The zero-order chi connectivity index (χ0) is 19.4. The number of aromatic hydroxyl groups is 3. The molecule has 5 nitrogen and oxygen atoms in total. The summed E-state index contributed by atoms with van der Waals surface area (Å²) in [5, 5.41) is 29.1. The minimum atomic E-state index is -2.48. The quantitative estimate of drug-likeness (QED) is 0.579. The molecule has 3 rings (SSSR count). The number of hydrogen-bond donors (Lipinski definition) is 3. The lowest BCUT2D eigenvalue weighted by atomic mass is 10.3. The number of phenols is 3. The van der Waals surface area contributed by atoms with Gasteiger partial charge in [0, 0.05) is 21.1 Å². The van der Waals surface area contributed by atoms with E-state index in [1.54, 1.807) is 43.3 Å². The number of carbonyl (C=O) groups is 1. The van der Waals surface area contributed by atoms with E-state index in [2.05, 4.69) is 0 Å². The molecule has 0 bridgehead atoms. The monoisotopic (exact) mass is 384 g/mol. The molecule has 0 heterocycles. The third kappa shape index (κ3) is 3.71. The van der Waals surface area contributed by atoms with Crippen LogP contribution < -0.4 is 0 Å². The molecule has 27 heavy (non-hydrogen) atoms. The zero-order valence-electron chi connectivity index (χ0n) is 14.7. The molecule has 3 N–H and O–H groups in total. The highest BCUT2D eigenvalue weighted by atomic mass is 32.3. The van der Waals surface area contributed by atoms with Gasteiger partial charge in [-0.25, -0.2) is 0 Å². The number of benzene rings is 3. The van der Waals surface area contributed by atoms with Crippen molar-refractivity contribution in [2.45, 2.75) is 28.0 Å². The van der Waals surface area contributed by atoms with Crippen molar-refractivity contribution in [1.29, 1.82) is 0 Å². The standard InChI is InChI=1S/C21H20O5S/c1-2-21(25)26-27(18-9-3-15(22)4-10-18,19-11-5-16(23)6-12-19)20-13-7-17(24)8-14-20/h3-14,22-24H,2H2,1H3. The Kier molecular flexibility index (Phi) is 5.28. The van der Waals surface area contributed by atoms with Gasteiger partial charge in [0.15, 0.2) is 0 Å². The summed E-state index contributed by atoms with van der Waals surface area (Å²) in [6, 6.07) is 19.5.